The predicted molar refractivity (Wildman–Crippen MR) is 51.6 cm³/mol. The number of fused-ring (bicyclic) bond motifs is 1. The van der Waals surface area contributed by atoms with Crippen LogP contribution in [0.4, 0.5) is 10.1 Å². The normalized spacial score (nSPS) is 20.6. The van der Waals surface area contributed by atoms with E-state index in [9.17, 15) is 4.39 Å². The van der Waals surface area contributed by atoms with Gasteiger partial charge in [-0.2, -0.15) is 0 Å². The van der Waals surface area contributed by atoms with Gasteiger partial charge in [-0.3, -0.25) is 0 Å². The molecule has 1 atom stereocenters. The molecule has 1 aliphatic heterocycles. The fourth-order valence-electron chi connectivity index (χ4n) is 1.29. The number of hydrogen-bond donors (Lipinski definition) is 2. The molecule has 2 nitrogen and oxygen atoms in total. The molecule has 1 aliphatic rings. The van der Waals surface area contributed by atoms with Gasteiger partial charge < -0.3 is 10.4 Å². The number of hydrogen-bond acceptors (Lipinski definition) is 3. The van der Waals surface area contributed by atoms with E-state index in [1.165, 1.54) is 12.1 Å². The molecule has 0 bridgehead atoms. The molecule has 1 aromatic rings. The Kier molecular flexibility index (Phi) is 2.42. The first-order valence-corrected chi connectivity index (χ1v) is 5.08. The van der Waals surface area contributed by atoms with Gasteiger partial charge in [0.15, 0.2) is 0 Å². The van der Waals surface area contributed by atoms with E-state index in [1.807, 2.05) is 0 Å². The summed E-state index contributed by atoms with van der Waals surface area (Å²) in [4.78, 5) is 1.05. The Labute approximate surface area is 80.2 Å². The zero-order chi connectivity index (χ0) is 9.26. The van der Waals surface area contributed by atoms with Crippen molar-refractivity contribution in [3.05, 3.63) is 24.0 Å². The second-order valence-corrected chi connectivity index (χ2v) is 4.04. The van der Waals surface area contributed by atoms with E-state index in [2.05, 4.69) is 5.32 Å². The van der Waals surface area contributed by atoms with E-state index in [4.69, 9.17) is 5.11 Å². The first kappa shape index (κ1) is 8.84. The van der Waals surface area contributed by atoms with Crippen molar-refractivity contribution in [3.63, 3.8) is 0 Å². The molecule has 0 aliphatic carbocycles. The fraction of sp³-hybridized carbons (Fsp3) is 0.333. The van der Waals surface area contributed by atoms with Crippen molar-refractivity contribution in [2.45, 2.75) is 10.9 Å². The minimum Gasteiger partial charge on any atom is -0.394 e. The summed E-state index contributed by atoms with van der Waals surface area (Å²) in [5.74, 6) is 0.584. The first-order valence-electron chi connectivity index (χ1n) is 4.09. The molecule has 0 spiro atoms. The standard InChI is InChI=1S/C9H10FNOS/c10-6-1-2-9-8(3-6)11-7(4-12)5-13-9/h1-3,7,11-12H,4-5H2. The molecule has 0 aromatic heterocycles. The Morgan fingerprint density at radius 2 is 2.46 bits per heavy atom. The van der Waals surface area contributed by atoms with Crippen LogP contribution in [-0.4, -0.2) is 23.5 Å². The smallest absolute Gasteiger partial charge is 0.125 e. The molecular formula is C9H10FNOS. The van der Waals surface area contributed by atoms with E-state index in [1.54, 1.807) is 17.8 Å². The Balaban J connectivity index is 2.27. The number of rotatable bonds is 1. The summed E-state index contributed by atoms with van der Waals surface area (Å²) in [6.45, 7) is 0.0863. The highest BCUT2D eigenvalue weighted by molar-refractivity contribution is 7.99. The molecule has 70 valence electrons. The quantitative estimate of drug-likeness (QED) is 0.722. The SMILES string of the molecule is OCC1CSc2ccc(F)cc2N1. The number of nitrogens with one attached hydrogen (secondary N) is 1. The van der Waals surface area contributed by atoms with E-state index in [0.717, 1.165) is 16.3 Å². The summed E-state index contributed by atoms with van der Waals surface area (Å²) in [6.07, 6.45) is 0. The van der Waals surface area contributed by atoms with Crippen molar-refractivity contribution in [2.24, 2.45) is 0 Å². The lowest BCUT2D eigenvalue weighted by atomic mass is 10.2. The molecule has 1 aromatic carbocycles. The number of halogens is 1. The number of aliphatic hydroxyl groups excluding tert-OH is 1. The monoisotopic (exact) mass is 199 g/mol. The zero-order valence-electron chi connectivity index (χ0n) is 6.96. The lowest BCUT2D eigenvalue weighted by molar-refractivity contribution is 0.282. The van der Waals surface area contributed by atoms with Crippen LogP contribution in [0.1, 0.15) is 0 Å². The number of benzene rings is 1. The van der Waals surface area contributed by atoms with Gasteiger partial charge in [0.25, 0.3) is 0 Å². The highest BCUT2D eigenvalue weighted by Gasteiger charge is 2.17. The minimum atomic E-state index is -0.245. The summed E-state index contributed by atoms with van der Waals surface area (Å²) in [5.41, 5.74) is 0.787. The number of aliphatic hydroxyl groups is 1. The van der Waals surface area contributed by atoms with Crippen LogP contribution in [0.25, 0.3) is 0 Å². The van der Waals surface area contributed by atoms with Gasteiger partial charge >= 0.3 is 0 Å². The molecule has 13 heavy (non-hydrogen) atoms. The highest BCUT2D eigenvalue weighted by atomic mass is 32.2. The van der Waals surface area contributed by atoms with E-state index < -0.39 is 0 Å². The van der Waals surface area contributed by atoms with Gasteiger partial charge in [0, 0.05) is 10.6 Å². The lowest BCUT2D eigenvalue weighted by Gasteiger charge is -2.24. The Bertz CT molecular complexity index is 318. The molecule has 0 saturated carbocycles. The summed E-state index contributed by atoms with van der Waals surface area (Å²) in [7, 11) is 0. The average Bonchev–Trinajstić information content (AvgIpc) is 2.16. The Hall–Kier alpha value is -0.740. The van der Waals surface area contributed by atoms with Crippen molar-refractivity contribution < 1.29 is 9.50 Å². The second-order valence-electron chi connectivity index (χ2n) is 2.98. The largest absolute Gasteiger partial charge is 0.394 e. The van der Waals surface area contributed by atoms with E-state index in [0.29, 0.717) is 0 Å². The third-order valence-corrected chi connectivity index (χ3v) is 3.20. The van der Waals surface area contributed by atoms with Crippen molar-refractivity contribution in [2.75, 3.05) is 17.7 Å². The molecular weight excluding hydrogens is 189 g/mol. The molecule has 4 heteroatoms. The van der Waals surface area contributed by atoms with Gasteiger partial charge in [-0.25, -0.2) is 4.39 Å². The molecule has 0 amide bonds. The number of thioether (sulfide) groups is 1. The Morgan fingerprint density at radius 1 is 1.62 bits per heavy atom. The second kappa shape index (κ2) is 3.55. The van der Waals surface area contributed by atoms with Gasteiger partial charge in [-0.1, -0.05) is 0 Å². The van der Waals surface area contributed by atoms with E-state index in [-0.39, 0.29) is 18.5 Å². The van der Waals surface area contributed by atoms with E-state index >= 15 is 0 Å². The average molecular weight is 199 g/mol. The highest BCUT2D eigenvalue weighted by Crippen LogP contribution is 2.33. The molecule has 2 rings (SSSR count). The molecule has 0 saturated heterocycles. The van der Waals surface area contributed by atoms with Crippen molar-refractivity contribution in [1.29, 1.82) is 0 Å². The van der Waals surface area contributed by atoms with Gasteiger partial charge in [0.2, 0.25) is 0 Å². The molecule has 1 heterocycles. The van der Waals surface area contributed by atoms with Crippen molar-refractivity contribution >= 4 is 17.4 Å². The number of anilines is 1. The summed E-state index contributed by atoms with van der Waals surface area (Å²) in [6, 6.07) is 4.71. The van der Waals surface area contributed by atoms with Gasteiger partial charge in [-0.05, 0) is 18.2 Å². The van der Waals surface area contributed by atoms with Crippen LogP contribution >= 0.6 is 11.8 Å². The lowest BCUT2D eigenvalue weighted by Crippen LogP contribution is -2.29. The summed E-state index contributed by atoms with van der Waals surface area (Å²) in [5, 5.41) is 12.0. The zero-order valence-corrected chi connectivity index (χ0v) is 7.77. The maximum atomic E-state index is 12.8. The van der Waals surface area contributed by atoms with Gasteiger partial charge in [0.1, 0.15) is 5.82 Å². The van der Waals surface area contributed by atoms with Crippen LogP contribution in [0.3, 0.4) is 0 Å². The topological polar surface area (TPSA) is 32.3 Å². The third kappa shape index (κ3) is 1.78. The predicted octanol–water partition coefficient (Wildman–Crippen LogP) is 1.70. The molecule has 2 N–H and O–H groups in total. The van der Waals surface area contributed by atoms with Crippen molar-refractivity contribution in [3.8, 4) is 0 Å². The van der Waals surface area contributed by atoms with Crippen LogP contribution < -0.4 is 5.32 Å². The maximum absolute atomic E-state index is 12.8. The summed E-state index contributed by atoms with van der Waals surface area (Å²) >= 11 is 1.64. The van der Waals surface area contributed by atoms with Gasteiger partial charge in [-0.15, -0.1) is 11.8 Å². The minimum absolute atomic E-state index is 0.0410. The molecule has 1 unspecified atom stereocenters. The molecule has 0 radical (unpaired) electrons. The Morgan fingerprint density at radius 3 is 3.23 bits per heavy atom. The fourth-order valence-corrected chi connectivity index (χ4v) is 2.30. The molecule has 0 fully saturated rings. The van der Waals surface area contributed by atoms with Crippen LogP contribution in [0.5, 0.6) is 0 Å². The third-order valence-electron chi connectivity index (χ3n) is 1.96. The van der Waals surface area contributed by atoms with Crippen LogP contribution in [0.15, 0.2) is 23.1 Å². The first-order chi connectivity index (χ1) is 6.29. The van der Waals surface area contributed by atoms with Crippen LogP contribution in [-0.2, 0) is 0 Å². The van der Waals surface area contributed by atoms with Crippen LogP contribution in [0.2, 0.25) is 0 Å². The van der Waals surface area contributed by atoms with Crippen molar-refractivity contribution in [1.82, 2.24) is 0 Å². The summed E-state index contributed by atoms with van der Waals surface area (Å²) < 4.78 is 12.8. The van der Waals surface area contributed by atoms with Crippen LogP contribution in [0, 0.1) is 5.82 Å². The van der Waals surface area contributed by atoms with Gasteiger partial charge in [0.05, 0.1) is 18.3 Å². The maximum Gasteiger partial charge on any atom is 0.125 e.